The molecule has 9 aromatic rings. The van der Waals surface area contributed by atoms with Gasteiger partial charge < -0.3 is 0 Å². The van der Waals surface area contributed by atoms with Gasteiger partial charge in [-0.25, -0.2) is 9.97 Å². The lowest BCUT2D eigenvalue weighted by Gasteiger charge is -2.34. The lowest BCUT2D eigenvalue weighted by Crippen LogP contribution is -2.28. The van der Waals surface area contributed by atoms with Crippen LogP contribution >= 0.6 is 0 Å². The lowest BCUT2D eigenvalue weighted by molar-refractivity contribution is 0.775. The van der Waals surface area contributed by atoms with Gasteiger partial charge in [0.2, 0.25) is 0 Å². The molecule has 0 unspecified atom stereocenters. The molecule has 248 valence electrons. The zero-order valence-electron chi connectivity index (χ0n) is 29.0. The van der Waals surface area contributed by atoms with Gasteiger partial charge in [-0.3, -0.25) is 0 Å². The Bertz CT molecular complexity index is 2700. The van der Waals surface area contributed by atoms with E-state index in [2.05, 4.69) is 200 Å². The first-order valence-electron chi connectivity index (χ1n) is 18.2. The SMILES string of the molecule is c1ccc(-c2ccc(-c3cc(-c4cccc5c4-c4ccc6ccccc6c4C5(c4ccccc4)c4ccccc4)nc(-c4ccccc4)n3)cc2)cc1. The van der Waals surface area contributed by atoms with Gasteiger partial charge in [-0.2, -0.15) is 0 Å². The maximum Gasteiger partial charge on any atom is 0.160 e. The molecule has 53 heavy (non-hydrogen) atoms. The van der Waals surface area contributed by atoms with Crippen molar-refractivity contribution in [3.05, 3.63) is 229 Å². The van der Waals surface area contributed by atoms with Gasteiger partial charge in [0.1, 0.15) is 0 Å². The van der Waals surface area contributed by atoms with Crippen molar-refractivity contribution in [1.82, 2.24) is 9.97 Å². The van der Waals surface area contributed by atoms with Gasteiger partial charge in [0.05, 0.1) is 16.8 Å². The molecule has 2 nitrogen and oxygen atoms in total. The molecule has 0 bridgehead atoms. The summed E-state index contributed by atoms with van der Waals surface area (Å²) in [7, 11) is 0. The Balaban J connectivity index is 1.26. The Morgan fingerprint density at radius 2 is 0.906 bits per heavy atom. The van der Waals surface area contributed by atoms with Gasteiger partial charge in [0.15, 0.2) is 5.82 Å². The topological polar surface area (TPSA) is 25.8 Å². The van der Waals surface area contributed by atoms with Crippen LogP contribution in [0.1, 0.15) is 22.3 Å². The van der Waals surface area contributed by atoms with Crippen molar-refractivity contribution >= 4 is 10.8 Å². The van der Waals surface area contributed by atoms with Crippen LogP contribution in [0.3, 0.4) is 0 Å². The average molecular weight is 675 g/mol. The summed E-state index contributed by atoms with van der Waals surface area (Å²) < 4.78 is 0. The van der Waals surface area contributed by atoms with Gasteiger partial charge in [-0.15, -0.1) is 0 Å². The van der Waals surface area contributed by atoms with E-state index < -0.39 is 5.41 Å². The van der Waals surface area contributed by atoms with E-state index in [0.29, 0.717) is 5.82 Å². The highest BCUT2D eigenvalue weighted by molar-refractivity contribution is 6.04. The second kappa shape index (κ2) is 12.7. The Morgan fingerprint density at radius 3 is 1.58 bits per heavy atom. The van der Waals surface area contributed by atoms with Crippen LogP contribution in [0.25, 0.3) is 66.9 Å². The number of hydrogen-bond acceptors (Lipinski definition) is 2. The van der Waals surface area contributed by atoms with E-state index in [1.54, 1.807) is 0 Å². The second-order valence-corrected chi connectivity index (χ2v) is 13.7. The van der Waals surface area contributed by atoms with E-state index >= 15 is 0 Å². The Morgan fingerprint density at radius 1 is 0.358 bits per heavy atom. The minimum absolute atomic E-state index is 0.546. The smallest absolute Gasteiger partial charge is 0.160 e. The molecule has 1 aliphatic rings. The Labute approximate surface area is 309 Å². The summed E-state index contributed by atoms with van der Waals surface area (Å²) in [6.07, 6.45) is 0. The third-order valence-corrected chi connectivity index (χ3v) is 10.8. The van der Waals surface area contributed by atoms with Crippen molar-refractivity contribution in [3.8, 4) is 56.2 Å². The van der Waals surface area contributed by atoms with E-state index in [9.17, 15) is 0 Å². The first-order chi connectivity index (χ1) is 26.3. The van der Waals surface area contributed by atoms with Crippen molar-refractivity contribution in [3.63, 3.8) is 0 Å². The van der Waals surface area contributed by atoms with Crippen LogP contribution in [0.2, 0.25) is 0 Å². The van der Waals surface area contributed by atoms with E-state index in [1.165, 1.54) is 55.3 Å². The van der Waals surface area contributed by atoms with Gasteiger partial charge in [0, 0.05) is 16.7 Å². The quantitative estimate of drug-likeness (QED) is 0.175. The maximum absolute atomic E-state index is 5.36. The molecule has 2 heteroatoms. The fourth-order valence-corrected chi connectivity index (χ4v) is 8.44. The molecule has 0 fully saturated rings. The summed E-state index contributed by atoms with van der Waals surface area (Å²) in [5.74, 6) is 0.706. The molecule has 1 heterocycles. The molecular weight excluding hydrogens is 641 g/mol. The van der Waals surface area contributed by atoms with E-state index in [-0.39, 0.29) is 0 Å². The minimum atomic E-state index is -0.546. The third kappa shape index (κ3) is 5.03. The first kappa shape index (κ1) is 30.9. The average Bonchev–Trinajstić information content (AvgIpc) is 3.57. The molecule has 1 aliphatic carbocycles. The van der Waals surface area contributed by atoms with Crippen LogP contribution in [-0.2, 0) is 5.41 Å². The molecule has 0 aliphatic heterocycles. The number of fused-ring (bicyclic) bond motifs is 5. The standard InChI is InChI=1S/C51H34N2/c1-5-16-35(17-6-1)36-28-30-38(31-29-36)46-34-47(53-50(52-46)39-19-7-2-8-20-39)43-26-15-27-45-48(43)44-33-32-37-18-13-14-25-42(37)49(44)51(45,40-21-9-3-10-22-40)41-23-11-4-12-24-41/h1-34H. The van der Waals surface area contributed by atoms with Crippen molar-refractivity contribution in [2.45, 2.75) is 5.41 Å². The second-order valence-electron chi connectivity index (χ2n) is 13.7. The van der Waals surface area contributed by atoms with E-state index in [1.807, 2.05) is 6.07 Å². The summed E-state index contributed by atoms with van der Waals surface area (Å²) in [6.45, 7) is 0. The van der Waals surface area contributed by atoms with E-state index in [0.717, 1.165) is 28.1 Å². The highest BCUT2D eigenvalue weighted by Crippen LogP contribution is 2.60. The first-order valence-corrected chi connectivity index (χ1v) is 18.2. The minimum Gasteiger partial charge on any atom is -0.228 e. The highest BCUT2D eigenvalue weighted by Gasteiger charge is 2.48. The molecule has 1 aromatic heterocycles. The summed E-state index contributed by atoms with van der Waals surface area (Å²) in [5.41, 5.74) is 14.2. The molecule has 0 saturated carbocycles. The van der Waals surface area contributed by atoms with Gasteiger partial charge in [-0.05, 0) is 61.3 Å². The number of aromatic nitrogens is 2. The van der Waals surface area contributed by atoms with Crippen LogP contribution in [-0.4, -0.2) is 9.97 Å². The Kier molecular flexibility index (Phi) is 7.40. The zero-order valence-corrected chi connectivity index (χ0v) is 29.0. The molecule has 10 rings (SSSR count). The number of hydrogen-bond donors (Lipinski definition) is 0. The zero-order chi connectivity index (χ0) is 35.2. The van der Waals surface area contributed by atoms with Gasteiger partial charge >= 0.3 is 0 Å². The van der Waals surface area contributed by atoms with Crippen LogP contribution in [0.4, 0.5) is 0 Å². The van der Waals surface area contributed by atoms with Crippen LogP contribution < -0.4 is 0 Å². The largest absolute Gasteiger partial charge is 0.228 e. The van der Waals surface area contributed by atoms with Crippen molar-refractivity contribution in [2.75, 3.05) is 0 Å². The molecule has 8 aromatic carbocycles. The Hall–Kier alpha value is -6.90. The van der Waals surface area contributed by atoms with Gasteiger partial charge in [0.25, 0.3) is 0 Å². The molecule has 0 amide bonds. The van der Waals surface area contributed by atoms with Crippen molar-refractivity contribution < 1.29 is 0 Å². The summed E-state index contributed by atoms with van der Waals surface area (Å²) in [4.78, 5) is 10.6. The summed E-state index contributed by atoms with van der Waals surface area (Å²) in [5, 5.41) is 2.48. The van der Waals surface area contributed by atoms with Crippen molar-refractivity contribution in [2.24, 2.45) is 0 Å². The van der Waals surface area contributed by atoms with Gasteiger partial charge in [-0.1, -0.05) is 200 Å². The number of benzene rings is 8. The molecule has 0 saturated heterocycles. The van der Waals surface area contributed by atoms with Crippen LogP contribution in [0.15, 0.2) is 206 Å². The molecular formula is C51H34N2. The lowest BCUT2D eigenvalue weighted by atomic mass is 9.66. The molecule has 0 spiro atoms. The number of rotatable bonds is 6. The molecule has 0 radical (unpaired) electrons. The van der Waals surface area contributed by atoms with Crippen LogP contribution in [0.5, 0.6) is 0 Å². The molecule has 0 N–H and O–H groups in total. The summed E-state index contributed by atoms with van der Waals surface area (Å²) in [6, 6.07) is 73.9. The van der Waals surface area contributed by atoms with Crippen molar-refractivity contribution in [1.29, 1.82) is 0 Å². The third-order valence-electron chi connectivity index (χ3n) is 10.8. The fourth-order valence-electron chi connectivity index (χ4n) is 8.44. The normalized spacial score (nSPS) is 12.7. The van der Waals surface area contributed by atoms with Crippen LogP contribution in [0, 0.1) is 0 Å². The fraction of sp³-hybridized carbons (Fsp3) is 0.0196. The van der Waals surface area contributed by atoms with E-state index in [4.69, 9.17) is 9.97 Å². The monoisotopic (exact) mass is 674 g/mol. The number of nitrogens with zero attached hydrogens (tertiary/aromatic N) is 2. The highest BCUT2D eigenvalue weighted by atomic mass is 14.9. The summed E-state index contributed by atoms with van der Waals surface area (Å²) >= 11 is 0. The predicted molar refractivity (Wildman–Crippen MR) is 219 cm³/mol. The maximum atomic E-state index is 5.36. The predicted octanol–water partition coefficient (Wildman–Crippen LogP) is 12.7. The molecule has 0 atom stereocenters.